The first-order valence-electron chi connectivity index (χ1n) is 6.62. The molecule has 2 atom stereocenters. The number of hydrogen-bond donors (Lipinski definition) is 2. The van der Waals surface area contributed by atoms with E-state index >= 15 is 0 Å². The minimum atomic E-state index is -1.71. The highest BCUT2D eigenvalue weighted by atomic mass is 19.1. The molecule has 0 fully saturated rings. The molecule has 0 radical (unpaired) electrons. The van der Waals surface area contributed by atoms with Crippen LogP contribution in [0.15, 0.2) is 30.9 Å². The molecule has 0 saturated carbocycles. The van der Waals surface area contributed by atoms with Gasteiger partial charge in [-0.15, -0.1) is 0 Å². The van der Waals surface area contributed by atoms with Crippen molar-refractivity contribution in [2.75, 3.05) is 6.61 Å². The van der Waals surface area contributed by atoms with Crippen molar-refractivity contribution in [3.63, 3.8) is 0 Å². The molecule has 1 aromatic heterocycles. The van der Waals surface area contributed by atoms with Crippen molar-refractivity contribution in [2.45, 2.75) is 25.5 Å². The molecule has 2 N–H and O–H groups in total. The molecule has 0 aliphatic rings. The summed E-state index contributed by atoms with van der Waals surface area (Å²) < 4.78 is 28.5. The fourth-order valence-electron chi connectivity index (χ4n) is 2.45. The second-order valence-corrected chi connectivity index (χ2v) is 4.93. The quantitative estimate of drug-likeness (QED) is 0.847. The van der Waals surface area contributed by atoms with E-state index in [0.29, 0.717) is 12.5 Å². The van der Waals surface area contributed by atoms with Crippen LogP contribution in [0.4, 0.5) is 8.78 Å². The van der Waals surface area contributed by atoms with Crippen molar-refractivity contribution < 1.29 is 19.0 Å². The molecule has 2 aromatic rings. The molecular formula is C14H17F2N3O2. The zero-order valence-electron chi connectivity index (χ0n) is 11.6. The van der Waals surface area contributed by atoms with E-state index in [1.165, 1.54) is 23.4 Å². The number of rotatable bonds is 6. The zero-order chi connectivity index (χ0) is 15.5. The molecule has 1 heterocycles. The van der Waals surface area contributed by atoms with Crippen LogP contribution in [0.2, 0.25) is 0 Å². The minimum absolute atomic E-state index is 0.0692. The van der Waals surface area contributed by atoms with Gasteiger partial charge in [-0.05, 0) is 12.5 Å². The maximum absolute atomic E-state index is 14.1. The molecule has 0 spiro atoms. The predicted molar refractivity (Wildman–Crippen MR) is 71.1 cm³/mol. The molecule has 21 heavy (non-hydrogen) atoms. The van der Waals surface area contributed by atoms with Gasteiger partial charge in [0.2, 0.25) is 0 Å². The maximum Gasteiger partial charge on any atom is 0.137 e. The van der Waals surface area contributed by atoms with E-state index in [1.54, 1.807) is 6.92 Å². The zero-order valence-corrected chi connectivity index (χ0v) is 11.6. The first kappa shape index (κ1) is 15.5. The van der Waals surface area contributed by atoms with Crippen LogP contribution in [0.1, 0.15) is 18.9 Å². The van der Waals surface area contributed by atoms with Crippen LogP contribution in [0.5, 0.6) is 0 Å². The van der Waals surface area contributed by atoms with Crippen molar-refractivity contribution in [3.8, 4) is 0 Å². The molecule has 0 aliphatic carbocycles. The first-order chi connectivity index (χ1) is 10.0. The molecular weight excluding hydrogens is 280 g/mol. The lowest BCUT2D eigenvalue weighted by Gasteiger charge is -2.35. The van der Waals surface area contributed by atoms with Crippen LogP contribution in [0, 0.1) is 17.6 Å². The van der Waals surface area contributed by atoms with Crippen LogP contribution in [0.25, 0.3) is 0 Å². The number of halogens is 2. The van der Waals surface area contributed by atoms with Gasteiger partial charge >= 0.3 is 0 Å². The molecule has 5 nitrogen and oxygen atoms in total. The summed E-state index contributed by atoms with van der Waals surface area (Å²) in [6.45, 7) is 1.35. The number of nitrogens with zero attached hydrogens (tertiary/aromatic N) is 3. The summed E-state index contributed by atoms with van der Waals surface area (Å²) in [6.07, 6.45) is 3.09. The smallest absolute Gasteiger partial charge is 0.137 e. The number of aliphatic hydroxyl groups is 2. The van der Waals surface area contributed by atoms with E-state index in [1.807, 2.05) is 0 Å². The van der Waals surface area contributed by atoms with Crippen molar-refractivity contribution >= 4 is 0 Å². The van der Waals surface area contributed by atoms with Crippen molar-refractivity contribution in [1.29, 1.82) is 0 Å². The molecule has 7 heteroatoms. The molecule has 114 valence electrons. The largest absolute Gasteiger partial charge is 0.396 e. The van der Waals surface area contributed by atoms with E-state index in [-0.39, 0.29) is 18.7 Å². The lowest BCUT2D eigenvalue weighted by molar-refractivity contribution is -0.0652. The monoisotopic (exact) mass is 297 g/mol. The Balaban J connectivity index is 2.48. The van der Waals surface area contributed by atoms with Crippen LogP contribution in [-0.4, -0.2) is 31.6 Å². The first-order valence-corrected chi connectivity index (χ1v) is 6.62. The van der Waals surface area contributed by atoms with E-state index in [9.17, 15) is 19.0 Å². The van der Waals surface area contributed by atoms with Gasteiger partial charge in [-0.1, -0.05) is 13.0 Å². The van der Waals surface area contributed by atoms with Crippen LogP contribution >= 0.6 is 0 Å². The van der Waals surface area contributed by atoms with Gasteiger partial charge in [0, 0.05) is 24.2 Å². The Morgan fingerprint density at radius 3 is 2.67 bits per heavy atom. The van der Waals surface area contributed by atoms with Crippen LogP contribution < -0.4 is 0 Å². The molecule has 1 aromatic carbocycles. The van der Waals surface area contributed by atoms with Crippen molar-refractivity contribution in [1.82, 2.24) is 14.8 Å². The standard InChI is InChI=1S/C14H17F2N3O2/c1-2-10(6-20)14(21,7-19-9-17-8-18-19)12-4-3-11(15)5-13(12)16/h3-5,8-10,20-21H,2,6-7H2,1H3. The Morgan fingerprint density at radius 1 is 1.38 bits per heavy atom. The van der Waals surface area contributed by atoms with Gasteiger partial charge in [-0.2, -0.15) is 5.10 Å². The van der Waals surface area contributed by atoms with E-state index in [0.717, 1.165) is 6.07 Å². The Hall–Kier alpha value is -1.86. The number of aromatic nitrogens is 3. The highest BCUT2D eigenvalue weighted by molar-refractivity contribution is 5.26. The summed E-state index contributed by atoms with van der Waals surface area (Å²) >= 11 is 0. The maximum atomic E-state index is 14.1. The second kappa shape index (κ2) is 6.28. The summed E-state index contributed by atoms with van der Waals surface area (Å²) in [7, 11) is 0. The Labute approximate surface area is 120 Å². The van der Waals surface area contributed by atoms with Crippen molar-refractivity contribution in [2.24, 2.45) is 5.92 Å². The number of benzene rings is 1. The van der Waals surface area contributed by atoms with Gasteiger partial charge in [0.1, 0.15) is 29.9 Å². The topological polar surface area (TPSA) is 71.2 Å². The normalized spacial score (nSPS) is 15.7. The predicted octanol–water partition coefficient (Wildman–Crippen LogP) is 1.46. The Kier molecular flexibility index (Phi) is 4.64. The Bertz CT molecular complexity index is 588. The molecule has 0 amide bonds. The minimum Gasteiger partial charge on any atom is -0.396 e. The van der Waals surface area contributed by atoms with Crippen molar-refractivity contribution in [3.05, 3.63) is 48.1 Å². The third-order valence-corrected chi connectivity index (χ3v) is 3.66. The summed E-state index contributed by atoms with van der Waals surface area (Å²) in [5, 5.41) is 24.4. The SMILES string of the molecule is CCC(CO)C(O)(Cn1cncn1)c1ccc(F)cc1F. The summed E-state index contributed by atoms with van der Waals surface area (Å²) in [5.74, 6) is -2.21. The lowest BCUT2D eigenvalue weighted by atomic mass is 9.79. The van der Waals surface area contributed by atoms with Crippen LogP contribution in [0.3, 0.4) is 0 Å². The molecule has 2 rings (SSSR count). The van der Waals surface area contributed by atoms with E-state index in [2.05, 4.69) is 10.1 Å². The average molecular weight is 297 g/mol. The van der Waals surface area contributed by atoms with Gasteiger partial charge in [0.15, 0.2) is 0 Å². The summed E-state index contributed by atoms with van der Waals surface area (Å²) in [5.41, 5.74) is -1.78. The second-order valence-electron chi connectivity index (χ2n) is 4.93. The average Bonchev–Trinajstić information content (AvgIpc) is 2.92. The van der Waals surface area contributed by atoms with Gasteiger partial charge in [0.05, 0.1) is 6.54 Å². The van der Waals surface area contributed by atoms with E-state index < -0.39 is 23.2 Å². The molecule has 0 saturated heterocycles. The van der Waals surface area contributed by atoms with Crippen LogP contribution in [-0.2, 0) is 12.1 Å². The third kappa shape index (κ3) is 3.08. The Morgan fingerprint density at radius 2 is 2.14 bits per heavy atom. The number of aliphatic hydroxyl groups excluding tert-OH is 1. The van der Waals surface area contributed by atoms with Gasteiger partial charge in [0.25, 0.3) is 0 Å². The summed E-state index contributed by atoms with van der Waals surface area (Å²) in [6, 6.07) is 2.99. The molecule has 2 unspecified atom stereocenters. The van der Waals surface area contributed by atoms with E-state index in [4.69, 9.17) is 0 Å². The lowest BCUT2D eigenvalue weighted by Crippen LogP contribution is -2.42. The number of hydrogen-bond acceptors (Lipinski definition) is 4. The molecule has 0 bridgehead atoms. The van der Waals surface area contributed by atoms with Gasteiger partial charge in [-0.25, -0.2) is 18.4 Å². The van der Waals surface area contributed by atoms with Gasteiger partial charge in [-0.3, -0.25) is 0 Å². The fraction of sp³-hybridized carbons (Fsp3) is 0.429. The van der Waals surface area contributed by atoms with Gasteiger partial charge < -0.3 is 10.2 Å². The highest BCUT2D eigenvalue weighted by Gasteiger charge is 2.40. The third-order valence-electron chi connectivity index (χ3n) is 3.66. The fourth-order valence-corrected chi connectivity index (χ4v) is 2.45. The summed E-state index contributed by atoms with van der Waals surface area (Å²) in [4.78, 5) is 3.77. The highest BCUT2D eigenvalue weighted by Crippen LogP contribution is 2.35. The molecule has 0 aliphatic heterocycles.